The van der Waals surface area contributed by atoms with Crippen molar-refractivity contribution in [3.63, 3.8) is 0 Å². The van der Waals surface area contributed by atoms with Crippen molar-refractivity contribution in [1.82, 2.24) is 4.57 Å². The minimum absolute atomic E-state index is 0.0856. The fourth-order valence-corrected chi connectivity index (χ4v) is 2.01. The molecule has 0 atom stereocenters. The Hall–Kier alpha value is -1.45. The number of aromatic carboxylic acids is 1. The van der Waals surface area contributed by atoms with Crippen molar-refractivity contribution in [2.24, 2.45) is 0 Å². The fourth-order valence-electron chi connectivity index (χ4n) is 1.60. The number of carboxylic acids is 1. The van der Waals surface area contributed by atoms with Gasteiger partial charge in [0.2, 0.25) is 0 Å². The number of nitrogens with zero attached hydrogens (tertiary/aromatic N) is 1. The quantitative estimate of drug-likeness (QED) is 0.902. The van der Waals surface area contributed by atoms with Gasteiger partial charge in [0, 0.05) is 6.20 Å². The molecule has 1 aromatic carbocycles. The van der Waals surface area contributed by atoms with E-state index < -0.39 is 5.97 Å². The average molecular weight is 270 g/mol. The zero-order valence-corrected chi connectivity index (χ0v) is 10.5. The number of rotatable bonds is 2. The molecule has 0 aliphatic rings. The van der Waals surface area contributed by atoms with Gasteiger partial charge in [-0.25, -0.2) is 4.79 Å². The minimum Gasteiger partial charge on any atom is -0.477 e. The Morgan fingerprint density at radius 3 is 2.65 bits per heavy atom. The number of aromatic nitrogens is 1. The summed E-state index contributed by atoms with van der Waals surface area (Å²) in [5.74, 6) is -1.05. The molecule has 0 aliphatic heterocycles. The van der Waals surface area contributed by atoms with E-state index in [0.717, 1.165) is 5.56 Å². The van der Waals surface area contributed by atoms with Crippen LogP contribution in [0.15, 0.2) is 30.5 Å². The first kappa shape index (κ1) is 12.0. The first-order valence-electron chi connectivity index (χ1n) is 4.87. The Morgan fingerprint density at radius 2 is 2.00 bits per heavy atom. The van der Waals surface area contributed by atoms with Gasteiger partial charge in [0.05, 0.1) is 15.7 Å². The van der Waals surface area contributed by atoms with Crippen LogP contribution in [0, 0.1) is 6.92 Å². The molecule has 0 saturated heterocycles. The van der Waals surface area contributed by atoms with Gasteiger partial charge in [-0.2, -0.15) is 0 Å². The van der Waals surface area contributed by atoms with E-state index >= 15 is 0 Å². The third-order valence-electron chi connectivity index (χ3n) is 2.37. The van der Waals surface area contributed by atoms with Crippen LogP contribution in [-0.4, -0.2) is 15.6 Å². The molecule has 5 heteroatoms. The van der Waals surface area contributed by atoms with Crippen LogP contribution in [0.25, 0.3) is 5.69 Å². The standard InChI is InChI=1S/C12H9Cl2NO2/c1-7-2-3-9(14)10(4-7)15-6-8(13)5-11(15)12(16)17/h2-6H,1H3,(H,16,17). The van der Waals surface area contributed by atoms with E-state index in [4.69, 9.17) is 28.3 Å². The molecule has 0 spiro atoms. The SMILES string of the molecule is Cc1ccc(Cl)c(-n2cc(Cl)cc2C(=O)O)c1. The maximum absolute atomic E-state index is 11.1. The Bertz CT molecular complexity index is 590. The van der Waals surface area contributed by atoms with Crippen molar-refractivity contribution >= 4 is 29.2 Å². The van der Waals surface area contributed by atoms with E-state index in [1.165, 1.54) is 16.8 Å². The monoisotopic (exact) mass is 269 g/mol. The van der Waals surface area contributed by atoms with Crippen molar-refractivity contribution in [1.29, 1.82) is 0 Å². The van der Waals surface area contributed by atoms with Crippen LogP contribution < -0.4 is 0 Å². The van der Waals surface area contributed by atoms with Gasteiger partial charge >= 0.3 is 5.97 Å². The normalized spacial score (nSPS) is 10.5. The second-order valence-electron chi connectivity index (χ2n) is 3.67. The van der Waals surface area contributed by atoms with Crippen LogP contribution in [0.2, 0.25) is 10.0 Å². The molecule has 0 unspecified atom stereocenters. The Morgan fingerprint density at radius 1 is 1.29 bits per heavy atom. The third-order valence-corrected chi connectivity index (χ3v) is 2.89. The van der Waals surface area contributed by atoms with E-state index in [1.54, 1.807) is 6.07 Å². The topological polar surface area (TPSA) is 42.2 Å². The molecule has 3 nitrogen and oxygen atoms in total. The highest BCUT2D eigenvalue weighted by Gasteiger charge is 2.15. The summed E-state index contributed by atoms with van der Waals surface area (Å²) >= 11 is 11.9. The zero-order valence-electron chi connectivity index (χ0n) is 8.95. The molecule has 2 aromatic rings. The molecule has 0 fully saturated rings. The lowest BCUT2D eigenvalue weighted by molar-refractivity contribution is 0.0688. The third kappa shape index (κ3) is 2.30. The summed E-state index contributed by atoms with van der Waals surface area (Å²) in [5, 5.41) is 9.92. The summed E-state index contributed by atoms with van der Waals surface area (Å²) in [4.78, 5) is 11.1. The summed E-state index contributed by atoms with van der Waals surface area (Å²) < 4.78 is 1.47. The number of halogens is 2. The van der Waals surface area contributed by atoms with Gasteiger partial charge in [-0.15, -0.1) is 0 Å². The van der Waals surface area contributed by atoms with Crippen LogP contribution in [0.5, 0.6) is 0 Å². The van der Waals surface area contributed by atoms with Gasteiger partial charge in [0.1, 0.15) is 5.69 Å². The molecule has 0 amide bonds. The zero-order chi connectivity index (χ0) is 12.6. The molecule has 1 N–H and O–H groups in total. The summed E-state index contributed by atoms with van der Waals surface area (Å²) in [6.07, 6.45) is 1.53. The lowest BCUT2D eigenvalue weighted by Gasteiger charge is -2.09. The number of benzene rings is 1. The predicted octanol–water partition coefficient (Wildman–Crippen LogP) is 3.79. The van der Waals surface area contributed by atoms with Crippen molar-refractivity contribution in [2.75, 3.05) is 0 Å². The van der Waals surface area contributed by atoms with E-state index in [0.29, 0.717) is 15.7 Å². The maximum atomic E-state index is 11.1. The summed E-state index contributed by atoms with van der Waals surface area (Å²) in [6.45, 7) is 1.91. The summed E-state index contributed by atoms with van der Waals surface area (Å²) in [6, 6.07) is 6.79. The largest absolute Gasteiger partial charge is 0.477 e. The second-order valence-corrected chi connectivity index (χ2v) is 4.52. The average Bonchev–Trinajstić information content (AvgIpc) is 2.64. The summed E-state index contributed by atoms with van der Waals surface area (Å²) in [5.41, 5.74) is 1.68. The van der Waals surface area contributed by atoms with Crippen LogP contribution in [-0.2, 0) is 0 Å². The molecular weight excluding hydrogens is 261 g/mol. The van der Waals surface area contributed by atoms with Gasteiger partial charge in [-0.3, -0.25) is 0 Å². The van der Waals surface area contributed by atoms with Crippen molar-refractivity contribution in [3.8, 4) is 5.69 Å². The molecule has 0 aliphatic carbocycles. The highest BCUT2D eigenvalue weighted by molar-refractivity contribution is 6.33. The predicted molar refractivity (Wildman–Crippen MR) is 67.5 cm³/mol. The molecule has 1 heterocycles. The highest BCUT2D eigenvalue weighted by atomic mass is 35.5. The van der Waals surface area contributed by atoms with E-state index in [-0.39, 0.29) is 5.69 Å². The molecule has 88 valence electrons. The highest BCUT2D eigenvalue weighted by Crippen LogP contribution is 2.26. The molecule has 0 saturated carbocycles. The smallest absolute Gasteiger partial charge is 0.352 e. The lowest BCUT2D eigenvalue weighted by Crippen LogP contribution is -2.06. The van der Waals surface area contributed by atoms with Crippen LogP contribution in [0.1, 0.15) is 16.1 Å². The van der Waals surface area contributed by atoms with Crippen molar-refractivity contribution in [2.45, 2.75) is 6.92 Å². The van der Waals surface area contributed by atoms with Crippen LogP contribution >= 0.6 is 23.2 Å². The minimum atomic E-state index is -1.05. The Kier molecular flexibility index (Phi) is 3.13. The first-order chi connectivity index (χ1) is 7.99. The Labute approximate surface area is 108 Å². The van der Waals surface area contributed by atoms with E-state index in [2.05, 4.69) is 0 Å². The Balaban J connectivity index is 2.67. The van der Waals surface area contributed by atoms with Crippen molar-refractivity contribution < 1.29 is 9.90 Å². The van der Waals surface area contributed by atoms with Crippen LogP contribution in [0.3, 0.4) is 0 Å². The second kappa shape index (κ2) is 4.43. The molecule has 17 heavy (non-hydrogen) atoms. The fraction of sp³-hybridized carbons (Fsp3) is 0.0833. The van der Waals surface area contributed by atoms with Gasteiger partial charge in [0.15, 0.2) is 0 Å². The molecule has 0 bridgehead atoms. The van der Waals surface area contributed by atoms with Gasteiger partial charge in [-0.1, -0.05) is 29.3 Å². The molecule has 2 rings (SSSR count). The summed E-state index contributed by atoms with van der Waals surface area (Å²) in [7, 11) is 0. The van der Waals surface area contributed by atoms with Crippen molar-refractivity contribution in [3.05, 3.63) is 51.8 Å². The van der Waals surface area contributed by atoms with Gasteiger partial charge < -0.3 is 9.67 Å². The number of carbonyl (C=O) groups is 1. The number of hydrogen-bond acceptors (Lipinski definition) is 1. The first-order valence-corrected chi connectivity index (χ1v) is 5.62. The van der Waals surface area contributed by atoms with E-state index in [9.17, 15) is 4.79 Å². The number of carboxylic acid groups (broad SMARTS) is 1. The number of hydrogen-bond donors (Lipinski definition) is 1. The van der Waals surface area contributed by atoms with Crippen LogP contribution in [0.4, 0.5) is 0 Å². The maximum Gasteiger partial charge on any atom is 0.352 e. The van der Waals surface area contributed by atoms with Gasteiger partial charge in [-0.05, 0) is 30.7 Å². The van der Waals surface area contributed by atoms with Gasteiger partial charge in [0.25, 0.3) is 0 Å². The lowest BCUT2D eigenvalue weighted by atomic mass is 10.2. The molecule has 1 aromatic heterocycles. The molecule has 0 radical (unpaired) electrons. The van der Waals surface area contributed by atoms with E-state index in [1.807, 2.05) is 19.1 Å². The molecular formula is C12H9Cl2NO2. The number of aryl methyl sites for hydroxylation is 1.